The molecule has 4 heterocycles. The molecule has 0 amide bonds. The zero-order valence-electron chi connectivity index (χ0n) is 15.3. The average Bonchev–Trinajstić information content (AvgIpc) is 3.23. The minimum Gasteiger partial charge on any atom is -0.462 e. The Morgan fingerprint density at radius 3 is 2.96 bits per heavy atom. The van der Waals surface area contributed by atoms with Crippen molar-refractivity contribution in [1.82, 2.24) is 19.4 Å². The van der Waals surface area contributed by atoms with Crippen molar-refractivity contribution in [3.05, 3.63) is 52.6 Å². The quantitative estimate of drug-likeness (QED) is 0.530. The van der Waals surface area contributed by atoms with Crippen LogP contribution in [0.5, 0.6) is 0 Å². The maximum absolute atomic E-state index is 12.2. The second kappa shape index (κ2) is 6.96. The van der Waals surface area contributed by atoms with Gasteiger partial charge in [0.1, 0.15) is 27.5 Å². The third kappa shape index (κ3) is 3.12. The molecule has 0 fully saturated rings. The molecule has 27 heavy (non-hydrogen) atoms. The van der Waals surface area contributed by atoms with Crippen molar-refractivity contribution in [3.63, 3.8) is 0 Å². The lowest BCUT2D eigenvalue weighted by Crippen LogP contribution is -2.04. The van der Waals surface area contributed by atoms with Crippen molar-refractivity contribution in [2.75, 3.05) is 11.9 Å². The van der Waals surface area contributed by atoms with Gasteiger partial charge in [-0.1, -0.05) is 6.07 Å². The lowest BCUT2D eigenvalue weighted by atomic mass is 10.2. The largest absolute Gasteiger partial charge is 0.462 e. The molecule has 0 unspecified atom stereocenters. The van der Waals surface area contributed by atoms with Gasteiger partial charge in [0.2, 0.25) is 0 Å². The number of fused-ring (bicyclic) bond motifs is 2. The zero-order valence-corrected chi connectivity index (χ0v) is 16.1. The first-order chi connectivity index (χ1) is 13.1. The van der Waals surface area contributed by atoms with Crippen molar-refractivity contribution < 1.29 is 9.53 Å². The zero-order chi connectivity index (χ0) is 19.0. The number of imidazole rings is 1. The number of aryl methyl sites for hydroxylation is 2. The summed E-state index contributed by atoms with van der Waals surface area (Å²) in [5.41, 5.74) is 3.82. The Hall–Kier alpha value is -3.00. The summed E-state index contributed by atoms with van der Waals surface area (Å²) in [6, 6.07) is 4.04. The Labute approximate surface area is 160 Å². The second-order valence-electron chi connectivity index (χ2n) is 6.19. The number of nitrogens with one attached hydrogen (secondary N) is 1. The molecule has 0 aliphatic heterocycles. The number of anilines is 1. The molecule has 0 saturated carbocycles. The SMILES string of the molecule is CCOC(=O)c1sc2ncnc(NCc3cn4cccc(C)c4n3)c2c1C. The van der Waals surface area contributed by atoms with Crippen LogP contribution in [0.25, 0.3) is 15.9 Å². The topological polar surface area (TPSA) is 81.4 Å². The number of nitrogens with zero attached hydrogens (tertiary/aromatic N) is 4. The predicted molar refractivity (Wildman–Crippen MR) is 105 cm³/mol. The first-order valence-corrected chi connectivity index (χ1v) is 9.48. The van der Waals surface area contributed by atoms with E-state index in [-0.39, 0.29) is 5.97 Å². The van der Waals surface area contributed by atoms with E-state index in [9.17, 15) is 4.79 Å². The van der Waals surface area contributed by atoms with E-state index in [1.165, 1.54) is 17.7 Å². The van der Waals surface area contributed by atoms with Crippen LogP contribution in [0.3, 0.4) is 0 Å². The minimum absolute atomic E-state index is 0.320. The summed E-state index contributed by atoms with van der Waals surface area (Å²) < 4.78 is 7.15. The molecule has 0 spiro atoms. The number of hydrogen-bond donors (Lipinski definition) is 1. The number of ether oxygens (including phenoxy) is 1. The highest BCUT2D eigenvalue weighted by Gasteiger charge is 2.20. The molecule has 1 N–H and O–H groups in total. The van der Waals surface area contributed by atoms with Crippen LogP contribution in [-0.2, 0) is 11.3 Å². The summed E-state index contributed by atoms with van der Waals surface area (Å²) >= 11 is 1.33. The molecule has 0 saturated heterocycles. The number of esters is 1. The summed E-state index contributed by atoms with van der Waals surface area (Å²) in [6.45, 7) is 6.60. The Kier molecular flexibility index (Phi) is 4.49. The van der Waals surface area contributed by atoms with E-state index in [1.807, 2.05) is 42.8 Å². The van der Waals surface area contributed by atoms with Gasteiger partial charge in [0, 0.05) is 12.4 Å². The Balaban J connectivity index is 1.65. The molecule has 0 aromatic carbocycles. The highest BCUT2D eigenvalue weighted by Crippen LogP contribution is 2.33. The maximum Gasteiger partial charge on any atom is 0.348 e. The first kappa shape index (κ1) is 17.4. The fraction of sp³-hybridized carbons (Fsp3) is 0.263. The number of hydrogen-bond acceptors (Lipinski definition) is 7. The number of thiophene rings is 1. The molecule has 4 aromatic heterocycles. The van der Waals surface area contributed by atoms with Crippen LogP contribution in [0.1, 0.15) is 33.4 Å². The van der Waals surface area contributed by atoms with E-state index in [1.54, 1.807) is 6.92 Å². The Morgan fingerprint density at radius 2 is 2.19 bits per heavy atom. The van der Waals surface area contributed by atoms with Crippen molar-refractivity contribution in [1.29, 1.82) is 0 Å². The van der Waals surface area contributed by atoms with E-state index >= 15 is 0 Å². The van der Waals surface area contributed by atoms with Crippen molar-refractivity contribution >= 4 is 39.0 Å². The maximum atomic E-state index is 12.2. The number of pyridine rings is 1. The molecule has 0 bridgehead atoms. The minimum atomic E-state index is -0.320. The standard InChI is InChI=1S/C19H19N5O2S/c1-4-26-19(25)15-12(3)14-16(21-10-22-18(14)27-15)20-8-13-9-24-7-5-6-11(2)17(24)23-13/h5-7,9-10H,4,8H2,1-3H3,(H,20,21,22). The molecule has 0 atom stereocenters. The van der Waals surface area contributed by atoms with Gasteiger partial charge in [-0.15, -0.1) is 11.3 Å². The predicted octanol–water partition coefficient (Wildman–Crippen LogP) is 3.74. The van der Waals surface area contributed by atoms with Crippen molar-refractivity contribution in [2.45, 2.75) is 27.3 Å². The van der Waals surface area contributed by atoms with Crippen LogP contribution in [-0.4, -0.2) is 31.9 Å². The summed E-state index contributed by atoms with van der Waals surface area (Å²) in [4.78, 5) is 26.8. The van der Waals surface area contributed by atoms with Crippen LogP contribution in [0.15, 0.2) is 30.9 Å². The van der Waals surface area contributed by atoms with Crippen molar-refractivity contribution in [3.8, 4) is 0 Å². The van der Waals surface area contributed by atoms with Crippen LogP contribution in [0, 0.1) is 13.8 Å². The van der Waals surface area contributed by atoms with Crippen LogP contribution >= 0.6 is 11.3 Å². The van der Waals surface area contributed by atoms with Gasteiger partial charge in [-0.2, -0.15) is 0 Å². The first-order valence-electron chi connectivity index (χ1n) is 8.66. The van der Waals surface area contributed by atoms with Crippen LogP contribution in [0.2, 0.25) is 0 Å². The lowest BCUT2D eigenvalue weighted by molar-refractivity contribution is 0.0531. The number of rotatable bonds is 5. The Morgan fingerprint density at radius 1 is 1.33 bits per heavy atom. The Bertz CT molecular complexity index is 1150. The fourth-order valence-electron chi connectivity index (χ4n) is 3.06. The van der Waals surface area contributed by atoms with E-state index in [4.69, 9.17) is 4.74 Å². The van der Waals surface area contributed by atoms with Gasteiger partial charge in [0.25, 0.3) is 0 Å². The molecule has 7 nitrogen and oxygen atoms in total. The normalized spacial score (nSPS) is 11.2. The third-order valence-corrected chi connectivity index (χ3v) is 5.53. The van der Waals surface area contributed by atoms with Crippen molar-refractivity contribution in [2.24, 2.45) is 0 Å². The summed E-state index contributed by atoms with van der Waals surface area (Å²) in [6.07, 6.45) is 5.48. The van der Waals surface area contributed by atoms with Gasteiger partial charge >= 0.3 is 5.97 Å². The van der Waals surface area contributed by atoms with E-state index in [0.29, 0.717) is 23.8 Å². The molecule has 0 aliphatic rings. The number of carbonyl (C=O) groups excluding carboxylic acids is 1. The molecule has 0 radical (unpaired) electrons. The highest BCUT2D eigenvalue weighted by molar-refractivity contribution is 7.20. The second-order valence-corrected chi connectivity index (χ2v) is 7.19. The smallest absolute Gasteiger partial charge is 0.348 e. The third-order valence-electron chi connectivity index (χ3n) is 4.35. The molecule has 4 aromatic rings. The van der Waals surface area contributed by atoms with E-state index in [0.717, 1.165) is 32.7 Å². The lowest BCUT2D eigenvalue weighted by Gasteiger charge is -2.05. The fourth-order valence-corrected chi connectivity index (χ4v) is 4.10. The summed E-state index contributed by atoms with van der Waals surface area (Å²) in [5, 5.41) is 4.19. The monoisotopic (exact) mass is 381 g/mol. The van der Waals surface area contributed by atoms with Crippen LogP contribution in [0.4, 0.5) is 5.82 Å². The van der Waals surface area contributed by atoms with Gasteiger partial charge in [0.05, 0.1) is 24.2 Å². The van der Waals surface area contributed by atoms with Gasteiger partial charge < -0.3 is 14.5 Å². The van der Waals surface area contributed by atoms with E-state index < -0.39 is 0 Å². The highest BCUT2D eigenvalue weighted by atomic mass is 32.1. The molecular formula is C19H19N5O2S. The van der Waals surface area contributed by atoms with Gasteiger partial charge in [0.15, 0.2) is 0 Å². The van der Waals surface area contributed by atoms with Gasteiger partial charge in [-0.25, -0.2) is 19.7 Å². The molecule has 8 heteroatoms. The number of aromatic nitrogens is 4. The van der Waals surface area contributed by atoms with Gasteiger partial charge in [-0.05, 0) is 38.0 Å². The van der Waals surface area contributed by atoms with Gasteiger partial charge in [-0.3, -0.25) is 0 Å². The average molecular weight is 381 g/mol. The molecular weight excluding hydrogens is 362 g/mol. The summed E-state index contributed by atoms with van der Waals surface area (Å²) in [5.74, 6) is 0.373. The van der Waals surface area contributed by atoms with Crippen LogP contribution < -0.4 is 5.32 Å². The number of carbonyl (C=O) groups is 1. The molecule has 138 valence electrons. The summed E-state index contributed by atoms with van der Waals surface area (Å²) in [7, 11) is 0. The molecule has 4 rings (SSSR count). The van der Waals surface area contributed by atoms with E-state index in [2.05, 4.69) is 20.3 Å². The molecule has 0 aliphatic carbocycles.